The minimum atomic E-state index is 0.140. The topological polar surface area (TPSA) is 15.7 Å². The summed E-state index contributed by atoms with van der Waals surface area (Å²) in [4.78, 5) is 4.30. The van der Waals surface area contributed by atoms with Crippen LogP contribution >= 0.6 is 0 Å². The van der Waals surface area contributed by atoms with Gasteiger partial charge in [0.05, 0.1) is 7.11 Å². The molecule has 0 atom stereocenters. The third-order valence-corrected chi connectivity index (χ3v) is 19.5. The van der Waals surface area contributed by atoms with Crippen LogP contribution < -0.4 is 14.5 Å². The zero-order chi connectivity index (χ0) is 77.8. The van der Waals surface area contributed by atoms with Crippen molar-refractivity contribution in [1.82, 2.24) is 0 Å². The minimum absolute atomic E-state index is 0.140. The Labute approximate surface area is 621 Å². The van der Waals surface area contributed by atoms with Gasteiger partial charge in [0.1, 0.15) is 5.75 Å². The Hall–Kier alpha value is -7.10. The first kappa shape index (κ1) is 88.1. The first-order valence-corrected chi connectivity index (χ1v) is 37.3. The molecule has 0 aliphatic heterocycles. The number of methoxy groups -OCH3 is 1. The van der Waals surface area contributed by atoms with Crippen LogP contribution in [0.2, 0.25) is 0 Å². The van der Waals surface area contributed by atoms with E-state index in [0.717, 1.165) is 5.75 Å². The van der Waals surface area contributed by atoms with Crippen molar-refractivity contribution in [3.63, 3.8) is 0 Å². The van der Waals surface area contributed by atoms with Crippen LogP contribution in [0.1, 0.15) is 272 Å². The Morgan fingerprint density at radius 2 is 0.505 bits per heavy atom. The van der Waals surface area contributed by atoms with Gasteiger partial charge in [-0.05, 0) is 261 Å². The van der Waals surface area contributed by atoms with Crippen LogP contribution in [0.4, 0.5) is 11.4 Å². The van der Waals surface area contributed by atoms with Crippen molar-refractivity contribution in [3.8, 4) is 5.75 Å². The summed E-state index contributed by atoms with van der Waals surface area (Å²) in [5, 5.41) is 5.29. The predicted octanol–water partition coefficient (Wildman–Crippen LogP) is 28.0. The molecule has 0 saturated carbocycles. The summed E-state index contributed by atoms with van der Waals surface area (Å²) < 4.78 is 5.52. The number of fused-ring (bicyclic) bond motifs is 2. The highest BCUT2D eigenvalue weighted by atomic mass is 16.5. The summed E-state index contributed by atoms with van der Waals surface area (Å²) in [6.45, 7) is 78.6. The second-order valence-electron chi connectivity index (χ2n) is 37.6. The maximum absolute atomic E-state index is 5.52. The van der Waals surface area contributed by atoms with Gasteiger partial charge in [-0.2, -0.15) is 0 Å². The van der Waals surface area contributed by atoms with E-state index >= 15 is 0 Å². The fourth-order valence-corrected chi connectivity index (χ4v) is 13.8. The van der Waals surface area contributed by atoms with Crippen molar-refractivity contribution in [1.29, 1.82) is 0 Å². The second kappa shape index (κ2) is 34.9. The maximum atomic E-state index is 5.52. The molecule has 3 nitrogen and oxygen atoms in total. The highest BCUT2D eigenvalue weighted by Crippen LogP contribution is 2.40. The van der Waals surface area contributed by atoms with Crippen molar-refractivity contribution in [2.24, 2.45) is 0 Å². The Balaban J connectivity index is 0.000000308. The molecule has 9 rings (SSSR count). The summed E-state index contributed by atoms with van der Waals surface area (Å²) in [6.07, 6.45) is 0. The molecule has 0 bridgehead atoms. The Morgan fingerprint density at radius 1 is 0.228 bits per heavy atom. The Kier molecular flexibility index (Phi) is 30.5. The van der Waals surface area contributed by atoms with E-state index in [9.17, 15) is 0 Å². The smallest absolute Gasteiger partial charge is 0.126 e. The fraction of sp³-hybridized carbons (Fsp3) is 0.490. The summed E-state index contributed by atoms with van der Waals surface area (Å²) >= 11 is 0. The molecule has 9 aromatic carbocycles. The number of rotatable bonds is 3. The second-order valence-corrected chi connectivity index (χ2v) is 37.6. The van der Waals surface area contributed by atoms with Crippen molar-refractivity contribution < 1.29 is 4.74 Å². The fourth-order valence-electron chi connectivity index (χ4n) is 13.8. The zero-order valence-electron chi connectivity index (χ0n) is 72.2. The predicted molar refractivity (Wildman–Crippen MR) is 457 cm³/mol. The summed E-state index contributed by atoms with van der Waals surface area (Å²) in [6, 6.07) is 52.9. The molecule has 0 aliphatic carbocycles. The minimum Gasteiger partial charge on any atom is -0.496 e. The van der Waals surface area contributed by atoms with E-state index in [1.54, 1.807) is 7.11 Å². The number of ether oxygens (including phenoxy) is 1. The van der Waals surface area contributed by atoms with Crippen molar-refractivity contribution >= 4 is 32.9 Å². The maximum Gasteiger partial charge on any atom is 0.126 e. The molecule has 552 valence electrons. The monoisotopic (exact) mass is 1370 g/mol. The van der Waals surface area contributed by atoms with Crippen LogP contribution in [0.5, 0.6) is 5.75 Å². The van der Waals surface area contributed by atoms with Gasteiger partial charge in [-0.15, -0.1) is 0 Å². The van der Waals surface area contributed by atoms with Gasteiger partial charge in [0, 0.05) is 45.0 Å². The molecule has 3 heteroatoms. The molecule has 0 aliphatic rings. The van der Waals surface area contributed by atoms with Crippen LogP contribution in [0.3, 0.4) is 0 Å². The molecule has 0 fully saturated rings. The molecular weight excluding hydrogens is 1220 g/mol. The van der Waals surface area contributed by atoms with Gasteiger partial charge in [0.15, 0.2) is 0 Å². The molecule has 9 aromatic rings. The molecule has 0 amide bonds. The van der Waals surface area contributed by atoms with Crippen LogP contribution in [-0.4, -0.2) is 35.3 Å². The zero-order valence-corrected chi connectivity index (χ0v) is 72.2. The highest BCUT2D eigenvalue weighted by Gasteiger charge is 2.26. The lowest BCUT2D eigenvalue weighted by molar-refractivity contribution is 0.417. The molecule has 0 N–H and O–H groups in total. The van der Waals surface area contributed by atoms with E-state index in [-0.39, 0.29) is 43.3 Å². The lowest BCUT2D eigenvalue weighted by Gasteiger charge is -2.29. The largest absolute Gasteiger partial charge is 0.496 e. The van der Waals surface area contributed by atoms with E-state index in [2.05, 4.69) is 426 Å². The molecule has 0 heterocycles. The van der Waals surface area contributed by atoms with Crippen LogP contribution in [0.15, 0.2) is 146 Å². The summed E-state index contributed by atoms with van der Waals surface area (Å²) in [5.74, 6) is 0.969. The van der Waals surface area contributed by atoms with Gasteiger partial charge in [-0.3, -0.25) is 0 Å². The Bertz CT molecular complexity index is 4020. The lowest BCUT2D eigenvalue weighted by atomic mass is 9.76. The highest BCUT2D eigenvalue weighted by molar-refractivity contribution is 5.92. The number of benzene rings is 9. The Morgan fingerprint density at radius 3 is 0.812 bits per heavy atom. The van der Waals surface area contributed by atoms with Crippen LogP contribution in [0.25, 0.3) is 21.5 Å². The van der Waals surface area contributed by atoms with Crippen molar-refractivity contribution in [3.05, 3.63) is 251 Å². The number of hydrogen-bond donors (Lipinski definition) is 0. The van der Waals surface area contributed by atoms with E-state index < -0.39 is 0 Å². The van der Waals surface area contributed by atoms with Gasteiger partial charge >= 0.3 is 0 Å². The number of anilines is 2. The molecule has 0 saturated heterocycles. The van der Waals surface area contributed by atoms with Crippen molar-refractivity contribution in [2.45, 2.75) is 286 Å². The quantitative estimate of drug-likeness (QED) is 0.175. The third-order valence-electron chi connectivity index (χ3n) is 19.5. The number of nitrogens with zero attached hydrogens (tertiary/aromatic N) is 2. The van der Waals surface area contributed by atoms with Gasteiger partial charge in [0.2, 0.25) is 0 Å². The molecule has 0 radical (unpaired) electrons. The summed E-state index contributed by atoms with van der Waals surface area (Å²) in [5.41, 5.74) is 31.2. The molecule has 0 aromatic heterocycles. The standard InChI is InChI=1S/C19H26.C16H20O.2C13H21N.2C13H20.C11H16/c1-13-14-10-8-9-11-15(14)17(19(5,6)7)12-16(13)18(2,3)4;1-11-12-8-6-7-9-13(12)15(17-5)10-14(11)16(2,3)4;2*1-10-7-8-11(14(5)6)9-12(10)13(2,3)4;2*1-9-7-10(2)11(3)12(8-9)13(4,5)6;1-9-7-5-6-8-10(9)11(2,3)4/h8-12H,1-7H3;6-10H,1-5H3;2*7-9H,1-6H3;2*7-8H,1-6H3;5-8H,1-4H3. The average Bonchev–Trinajstić information content (AvgIpc) is 0.750. The normalized spacial score (nSPS) is 12.0. The number of aryl methyl sites for hydroxylation is 9. The van der Waals surface area contributed by atoms with E-state index in [0.29, 0.717) is 0 Å². The summed E-state index contributed by atoms with van der Waals surface area (Å²) in [7, 11) is 10.1. The van der Waals surface area contributed by atoms with Gasteiger partial charge in [0.25, 0.3) is 0 Å². The van der Waals surface area contributed by atoms with Gasteiger partial charge < -0.3 is 14.5 Å². The molecule has 0 spiro atoms. The first-order chi connectivity index (χ1) is 45.9. The van der Waals surface area contributed by atoms with Crippen LogP contribution in [-0.2, 0) is 43.3 Å². The molecule has 0 unspecified atom stereocenters. The van der Waals surface area contributed by atoms with Gasteiger partial charge in [-0.1, -0.05) is 293 Å². The van der Waals surface area contributed by atoms with E-state index in [4.69, 9.17) is 4.74 Å². The number of hydrogen-bond acceptors (Lipinski definition) is 3. The van der Waals surface area contributed by atoms with Crippen LogP contribution in [0, 0.1) is 76.2 Å². The van der Waals surface area contributed by atoms with E-state index in [1.165, 1.54) is 139 Å². The third kappa shape index (κ3) is 25.4. The van der Waals surface area contributed by atoms with E-state index in [1.807, 2.05) is 0 Å². The van der Waals surface area contributed by atoms with Gasteiger partial charge in [-0.25, -0.2) is 0 Å². The SMILES string of the molecule is COc1cc(C(C)(C)C)c(C)c2ccccc12.Cc1c(C(C)(C)C)cc(C(C)(C)C)c2ccccc12.Cc1cc(C)c(C)c(C(C)(C)C)c1.Cc1cc(C)c(C)c(C(C)(C)C)c1.Cc1ccc(N(C)C)cc1C(C)(C)C.Cc1ccc(N(C)C)cc1C(C)(C)C.Cc1ccccc1C(C)(C)C. The lowest BCUT2D eigenvalue weighted by Crippen LogP contribution is -2.18. The van der Waals surface area contributed by atoms with Crippen molar-refractivity contribution in [2.75, 3.05) is 45.1 Å². The molecule has 101 heavy (non-hydrogen) atoms. The molecular formula is C98H144N2O. The first-order valence-electron chi connectivity index (χ1n) is 37.3. The average molecular weight is 1370 g/mol.